The van der Waals surface area contributed by atoms with E-state index in [9.17, 15) is 4.79 Å². The molecule has 0 aliphatic carbocycles. The summed E-state index contributed by atoms with van der Waals surface area (Å²) in [6.07, 6.45) is 0.746. The third-order valence-corrected chi connectivity index (χ3v) is 4.90. The van der Waals surface area contributed by atoms with Gasteiger partial charge in [0.15, 0.2) is 6.29 Å². The molecular formula is C13H5Cl4NOS. The van der Waals surface area contributed by atoms with E-state index in [2.05, 4.69) is 4.98 Å². The monoisotopic (exact) mass is 363 g/mol. The van der Waals surface area contributed by atoms with Crippen molar-refractivity contribution in [2.45, 2.75) is 0 Å². The quantitative estimate of drug-likeness (QED) is 0.530. The molecule has 2 nitrogen and oxygen atoms in total. The van der Waals surface area contributed by atoms with Crippen LogP contribution in [-0.4, -0.2) is 11.3 Å². The average molecular weight is 365 g/mol. The van der Waals surface area contributed by atoms with Crippen molar-refractivity contribution >= 4 is 74.9 Å². The molecule has 0 saturated heterocycles. The smallest absolute Gasteiger partial charge is 0.152 e. The zero-order valence-corrected chi connectivity index (χ0v) is 13.5. The van der Waals surface area contributed by atoms with E-state index in [4.69, 9.17) is 46.4 Å². The maximum atomic E-state index is 11.4. The van der Waals surface area contributed by atoms with Gasteiger partial charge in [-0.05, 0) is 18.2 Å². The highest BCUT2D eigenvalue weighted by atomic mass is 35.5. The molecule has 0 fully saturated rings. The number of carbonyl (C=O) groups excluding carboxylic acids is 1. The van der Waals surface area contributed by atoms with E-state index in [-0.39, 0.29) is 0 Å². The number of aromatic nitrogens is 1. The minimum atomic E-state index is 0.412. The lowest BCUT2D eigenvalue weighted by Gasteiger charge is -1.97. The molecule has 20 heavy (non-hydrogen) atoms. The Bertz CT molecular complexity index is 837. The molecule has 0 radical (unpaired) electrons. The van der Waals surface area contributed by atoms with Crippen molar-refractivity contribution < 1.29 is 4.79 Å². The van der Waals surface area contributed by atoms with Crippen molar-refractivity contribution in [3.63, 3.8) is 0 Å². The molecule has 2 heterocycles. The number of rotatable bonds is 2. The predicted octanol–water partition coefficient (Wildman–Crippen LogP) is 6.32. The fourth-order valence-electron chi connectivity index (χ4n) is 2.11. The highest BCUT2D eigenvalue weighted by Gasteiger charge is 2.19. The Morgan fingerprint density at radius 1 is 1.10 bits per heavy atom. The molecular weight excluding hydrogens is 360 g/mol. The molecule has 0 spiro atoms. The van der Waals surface area contributed by atoms with Gasteiger partial charge in [0, 0.05) is 27.1 Å². The van der Waals surface area contributed by atoms with Crippen LogP contribution in [-0.2, 0) is 0 Å². The summed E-state index contributed by atoms with van der Waals surface area (Å²) in [5.41, 5.74) is 2.38. The second-order valence-electron chi connectivity index (χ2n) is 4.08. The maximum Gasteiger partial charge on any atom is 0.152 e. The van der Waals surface area contributed by atoms with Crippen LogP contribution < -0.4 is 0 Å². The Kier molecular flexibility index (Phi) is 3.73. The fourth-order valence-corrected chi connectivity index (χ4v) is 4.19. The number of benzene rings is 1. The predicted molar refractivity (Wildman–Crippen MR) is 87.0 cm³/mol. The van der Waals surface area contributed by atoms with Crippen LogP contribution in [0.15, 0.2) is 18.2 Å². The number of carbonyl (C=O) groups is 1. The molecule has 3 aromatic rings. The molecule has 1 N–H and O–H groups in total. The highest BCUT2D eigenvalue weighted by molar-refractivity contribution is 7.20. The van der Waals surface area contributed by atoms with Gasteiger partial charge in [-0.15, -0.1) is 11.3 Å². The van der Waals surface area contributed by atoms with Gasteiger partial charge >= 0.3 is 0 Å². The van der Waals surface area contributed by atoms with Gasteiger partial charge in [0.2, 0.25) is 0 Å². The van der Waals surface area contributed by atoms with Crippen LogP contribution in [0.25, 0.3) is 22.2 Å². The number of hydrogen-bond donors (Lipinski definition) is 1. The number of thiophene rings is 1. The fraction of sp³-hybridized carbons (Fsp3) is 0. The SMILES string of the molecule is O=Cc1c(-c2cc(Cl)sc2Cl)[nH]c2cc(Cl)cc(Cl)c12. The van der Waals surface area contributed by atoms with Crippen LogP contribution in [0.4, 0.5) is 0 Å². The van der Waals surface area contributed by atoms with Crippen molar-refractivity contribution in [2.75, 3.05) is 0 Å². The first-order valence-corrected chi connectivity index (χ1v) is 7.75. The van der Waals surface area contributed by atoms with Crippen molar-refractivity contribution in [1.29, 1.82) is 0 Å². The van der Waals surface area contributed by atoms with Crippen molar-refractivity contribution in [3.05, 3.63) is 42.5 Å². The van der Waals surface area contributed by atoms with E-state index >= 15 is 0 Å². The number of hydrogen-bond acceptors (Lipinski definition) is 2. The van der Waals surface area contributed by atoms with Gasteiger partial charge in [-0.25, -0.2) is 0 Å². The third kappa shape index (κ3) is 2.24. The minimum Gasteiger partial charge on any atom is -0.354 e. The second-order valence-corrected chi connectivity index (χ2v) is 7.21. The lowest BCUT2D eigenvalue weighted by molar-refractivity contribution is 0.112. The number of aldehydes is 1. The first-order chi connectivity index (χ1) is 9.51. The second kappa shape index (κ2) is 5.24. The molecule has 3 rings (SSSR count). The standard InChI is InChI=1S/C13H5Cl4NOS/c14-5-1-8(15)11-7(4-19)12(18-9(11)2-5)6-3-10(16)20-13(6)17/h1-4,18H. The van der Waals surface area contributed by atoms with Crippen LogP contribution in [0.5, 0.6) is 0 Å². The van der Waals surface area contributed by atoms with E-state index < -0.39 is 0 Å². The summed E-state index contributed by atoms with van der Waals surface area (Å²) in [4.78, 5) is 14.6. The number of aromatic amines is 1. The number of nitrogens with one attached hydrogen (secondary N) is 1. The Hall–Kier alpha value is -0.710. The van der Waals surface area contributed by atoms with Crippen LogP contribution in [0.2, 0.25) is 18.7 Å². The summed E-state index contributed by atoms with van der Waals surface area (Å²) in [6, 6.07) is 5.02. The van der Waals surface area contributed by atoms with E-state index in [1.807, 2.05) is 0 Å². The van der Waals surface area contributed by atoms with Gasteiger partial charge < -0.3 is 4.98 Å². The van der Waals surface area contributed by atoms with Gasteiger partial charge in [-0.2, -0.15) is 0 Å². The van der Waals surface area contributed by atoms with Gasteiger partial charge in [0.25, 0.3) is 0 Å². The zero-order chi connectivity index (χ0) is 14.4. The molecule has 102 valence electrons. The van der Waals surface area contributed by atoms with Gasteiger partial charge in [0.1, 0.15) is 4.34 Å². The Morgan fingerprint density at radius 3 is 2.45 bits per heavy atom. The summed E-state index contributed by atoms with van der Waals surface area (Å²) in [7, 11) is 0. The number of halogens is 4. The Balaban J connectivity index is 2.39. The molecule has 0 saturated carbocycles. The van der Waals surface area contributed by atoms with Crippen LogP contribution >= 0.6 is 57.7 Å². The molecule has 0 bridgehead atoms. The molecule has 0 aliphatic rings. The molecule has 0 atom stereocenters. The molecule has 0 aliphatic heterocycles. The normalized spacial score (nSPS) is 11.2. The minimum absolute atomic E-state index is 0.412. The van der Waals surface area contributed by atoms with Crippen LogP contribution in [0, 0.1) is 0 Å². The van der Waals surface area contributed by atoms with Gasteiger partial charge in [-0.1, -0.05) is 46.4 Å². The largest absolute Gasteiger partial charge is 0.354 e. The van der Waals surface area contributed by atoms with E-state index in [0.717, 1.165) is 6.29 Å². The Labute approximate surface area is 138 Å². The summed E-state index contributed by atoms with van der Waals surface area (Å²) in [6.45, 7) is 0. The summed E-state index contributed by atoms with van der Waals surface area (Å²) >= 11 is 25.5. The van der Waals surface area contributed by atoms with E-state index in [1.54, 1.807) is 18.2 Å². The van der Waals surface area contributed by atoms with E-state index in [0.29, 0.717) is 46.4 Å². The van der Waals surface area contributed by atoms with Gasteiger partial charge in [-0.3, -0.25) is 4.79 Å². The molecule has 0 unspecified atom stereocenters. The molecule has 2 aromatic heterocycles. The molecule has 1 aromatic carbocycles. The highest BCUT2D eigenvalue weighted by Crippen LogP contribution is 2.42. The number of H-pyrrole nitrogens is 1. The molecule has 7 heteroatoms. The summed E-state index contributed by atoms with van der Waals surface area (Å²) < 4.78 is 1.05. The Morgan fingerprint density at radius 2 is 1.85 bits per heavy atom. The zero-order valence-electron chi connectivity index (χ0n) is 9.64. The van der Waals surface area contributed by atoms with E-state index in [1.165, 1.54) is 11.3 Å². The summed E-state index contributed by atoms with van der Waals surface area (Å²) in [5.74, 6) is 0. The molecule has 0 amide bonds. The van der Waals surface area contributed by atoms with Crippen LogP contribution in [0.3, 0.4) is 0 Å². The first kappa shape index (κ1) is 14.2. The van der Waals surface area contributed by atoms with Crippen molar-refractivity contribution in [2.24, 2.45) is 0 Å². The van der Waals surface area contributed by atoms with Gasteiger partial charge in [0.05, 0.1) is 15.1 Å². The maximum absolute atomic E-state index is 11.4. The lowest BCUT2D eigenvalue weighted by Crippen LogP contribution is -1.83. The number of fused-ring (bicyclic) bond motifs is 1. The first-order valence-electron chi connectivity index (χ1n) is 5.42. The lowest BCUT2D eigenvalue weighted by atomic mass is 10.1. The summed E-state index contributed by atoms with van der Waals surface area (Å²) in [5, 5.41) is 1.52. The average Bonchev–Trinajstić information content (AvgIpc) is 2.88. The van der Waals surface area contributed by atoms with Crippen molar-refractivity contribution in [1.82, 2.24) is 4.98 Å². The van der Waals surface area contributed by atoms with Crippen LogP contribution in [0.1, 0.15) is 10.4 Å². The van der Waals surface area contributed by atoms with Crippen molar-refractivity contribution in [3.8, 4) is 11.3 Å². The topological polar surface area (TPSA) is 32.9 Å². The third-order valence-electron chi connectivity index (χ3n) is 2.90.